The van der Waals surface area contributed by atoms with Crippen LogP contribution in [0.25, 0.3) is 0 Å². The third kappa shape index (κ3) is 3.13. The Bertz CT molecular complexity index is 502. The predicted molar refractivity (Wildman–Crippen MR) is 72.7 cm³/mol. The first kappa shape index (κ1) is 12.2. The Labute approximate surface area is 106 Å². The highest BCUT2D eigenvalue weighted by Gasteiger charge is 2.11. The summed E-state index contributed by atoms with van der Waals surface area (Å²) in [5.41, 5.74) is 10.3. The predicted octanol–water partition coefficient (Wildman–Crippen LogP) is 2.33. The molecule has 2 rings (SSSR count). The lowest BCUT2D eigenvalue weighted by Crippen LogP contribution is -2.22. The van der Waals surface area contributed by atoms with Crippen LogP contribution in [0.2, 0.25) is 0 Å². The molecule has 0 bridgehead atoms. The molecule has 0 saturated carbocycles. The fourth-order valence-electron chi connectivity index (χ4n) is 1.82. The summed E-state index contributed by atoms with van der Waals surface area (Å²) in [5.74, 6) is 0.164. The first-order chi connectivity index (χ1) is 8.65. The topological polar surface area (TPSA) is 60.0 Å². The molecule has 0 aliphatic rings. The second-order valence-electron chi connectivity index (χ2n) is 4.40. The molecule has 1 aromatic carbocycles. The van der Waals surface area contributed by atoms with E-state index in [1.807, 2.05) is 43.3 Å². The molecule has 1 atom stereocenters. The maximum absolute atomic E-state index is 11.8. The summed E-state index contributed by atoms with van der Waals surface area (Å²) in [6.07, 6.45) is 4.04. The van der Waals surface area contributed by atoms with E-state index in [4.69, 9.17) is 5.73 Å². The van der Waals surface area contributed by atoms with E-state index in [-0.39, 0.29) is 11.8 Å². The third-order valence-electron chi connectivity index (χ3n) is 2.86. The summed E-state index contributed by atoms with van der Waals surface area (Å²) < 4.78 is 1.65. The van der Waals surface area contributed by atoms with Crippen molar-refractivity contribution in [3.05, 3.63) is 54.4 Å². The lowest BCUT2D eigenvalue weighted by atomic mass is 9.97. The standard InChI is InChI=1S/C14H17N3O/c1-11(12-4-6-13(15)7-5-12)10-14(18)16-17-8-2-3-9-17/h2-9,11H,10,15H2,1H3,(H,16,18). The fraction of sp³-hybridized carbons (Fsp3) is 0.214. The Morgan fingerprint density at radius 3 is 2.50 bits per heavy atom. The van der Waals surface area contributed by atoms with Gasteiger partial charge in [-0.3, -0.25) is 14.9 Å². The van der Waals surface area contributed by atoms with E-state index in [9.17, 15) is 4.79 Å². The van der Waals surface area contributed by atoms with Gasteiger partial charge in [0.15, 0.2) is 0 Å². The van der Waals surface area contributed by atoms with Gasteiger partial charge in [-0.15, -0.1) is 0 Å². The number of nitrogens with two attached hydrogens (primary N) is 1. The summed E-state index contributed by atoms with van der Waals surface area (Å²) in [6, 6.07) is 11.4. The lowest BCUT2D eigenvalue weighted by molar-refractivity contribution is -0.117. The summed E-state index contributed by atoms with van der Waals surface area (Å²) in [5, 5.41) is 0. The van der Waals surface area contributed by atoms with Crippen molar-refractivity contribution >= 4 is 11.6 Å². The quantitative estimate of drug-likeness (QED) is 0.810. The van der Waals surface area contributed by atoms with Crippen LogP contribution in [-0.2, 0) is 4.79 Å². The van der Waals surface area contributed by atoms with Crippen LogP contribution in [0.15, 0.2) is 48.8 Å². The largest absolute Gasteiger partial charge is 0.399 e. The number of carbonyl (C=O) groups is 1. The molecule has 1 heterocycles. The molecule has 1 amide bonds. The number of nitrogens with zero attached hydrogens (tertiary/aromatic N) is 1. The van der Waals surface area contributed by atoms with Crippen LogP contribution in [0.3, 0.4) is 0 Å². The van der Waals surface area contributed by atoms with Gasteiger partial charge in [-0.25, -0.2) is 0 Å². The van der Waals surface area contributed by atoms with Crippen molar-refractivity contribution in [2.24, 2.45) is 0 Å². The Balaban J connectivity index is 1.92. The van der Waals surface area contributed by atoms with Crippen molar-refractivity contribution in [1.29, 1.82) is 0 Å². The molecule has 4 nitrogen and oxygen atoms in total. The monoisotopic (exact) mass is 243 g/mol. The van der Waals surface area contributed by atoms with Gasteiger partial charge in [0.2, 0.25) is 5.91 Å². The van der Waals surface area contributed by atoms with E-state index < -0.39 is 0 Å². The van der Waals surface area contributed by atoms with Gasteiger partial charge in [0.1, 0.15) is 0 Å². The third-order valence-corrected chi connectivity index (χ3v) is 2.86. The van der Waals surface area contributed by atoms with Crippen LogP contribution in [0.5, 0.6) is 0 Å². The van der Waals surface area contributed by atoms with Crippen LogP contribution in [0, 0.1) is 0 Å². The zero-order valence-corrected chi connectivity index (χ0v) is 10.3. The van der Waals surface area contributed by atoms with Gasteiger partial charge in [-0.2, -0.15) is 0 Å². The second-order valence-corrected chi connectivity index (χ2v) is 4.40. The molecule has 0 spiro atoms. The van der Waals surface area contributed by atoms with E-state index in [0.717, 1.165) is 11.3 Å². The Morgan fingerprint density at radius 1 is 1.28 bits per heavy atom. The van der Waals surface area contributed by atoms with E-state index in [0.29, 0.717) is 6.42 Å². The van der Waals surface area contributed by atoms with E-state index in [1.165, 1.54) is 0 Å². The van der Waals surface area contributed by atoms with Gasteiger partial charge in [0.25, 0.3) is 0 Å². The van der Waals surface area contributed by atoms with Crippen LogP contribution in [-0.4, -0.2) is 10.6 Å². The molecule has 0 saturated heterocycles. The molecular formula is C14H17N3O. The number of nitrogens with one attached hydrogen (secondary N) is 1. The van der Waals surface area contributed by atoms with Gasteiger partial charge >= 0.3 is 0 Å². The number of nitrogen functional groups attached to an aromatic ring is 1. The van der Waals surface area contributed by atoms with Gasteiger partial charge in [0, 0.05) is 24.5 Å². The molecule has 0 radical (unpaired) electrons. The first-order valence-corrected chi connectivity index (χ1v) is 5.93. The Kier molecular flexibility index (Phi) is 3.67. The van der Waals surface area contributed by atoms with Gasteiger partial charge < -0.3 is 5.73 Å². The minimum absolute atomic E-state index is 0.00414. The maximum atomic E-state index is 11.8. The minimum atomic E-state index is -0.00414. The zero-order chi connectivity index (χ0) is 13.0. The number of aromatic nitrogens is 1. The molecule has 0 aliphatic carbocycles. The average molecular weight is 243 g/mol. The van der Waals surface area contributed by atoms with E-state index in [1.54, 1.807) is 17.1 Å². The normalized spacial score (nSPS) is 12.1. The molecule has 94 valence electrons. The Morgan fingerprint density at radius 2 is 1.89 bits per heavy atom. The van der Waals surface area contributed by atoms with E-state index >= 15 is 0 Å². The number of rotatable bonds is 4. The molecule has 4 heteroatoms. The summed E-state index contributed by atoms with van der Waals surface area (Å²) in [6.45, 7) is 2.03. The summed E-state index contributed by atoms with van der Waals surface area (Å²) in [4.78, 5) is 11.8. The van der Waals surface area contributed by atoms with E-state index in [2.05, 4.69) is 5.43 Å². The molecule has 3 N–H and O–H groups in total. The van der Waals surface area contributed by atoms with Crippen LogP contribution in [0.4, 0.5) is 5.69 Å². The molecule has 0 fully saturated rings. The van der Waals surface area contributed by atoms with Crippen molar-refractivity contribution in [2.75, 3.05) is 11.2 Å². The zero-order valence-electron chi connectivity index (χ0n) is 10.3. The lowest BCUT2D eigenvalue weighted by Gasteiger charge is -2.12. The summed E-state index contributed by atoms with van der Waals surface area (Å²) in [7, 11) is 0. The number of anilines is 1. The minimum Gasteiger partial charge on any atom is -0.399 e. The SMILES string of the molecule is CC(CC(=O)Nn1cccc1)c1ccc(N)cc1. The number of benzene rings is 1. The van der Waals surface area contributed by atoms with Crippen molar-refractivity contribution in [3.63, 3.8) is 0 Å². The number of carbonyl (C=O) groups excluding carboxylic acids is 1. The molecule has 0 aliphatic heterocycles. The van der Waals surface area contributed by atoms with Crippen LogP contribution in [0.1, 0.15) is 24.8 Å². The second kappa shape index (κ2) is 5.40. The summed E-state index contributed by atoms with van der Waals surface area (Å²) >= 11 is 0. The maximum Gasteiger partial charge on any atom is 0.239 e. The van der Waals surface area contributed by atoms with Gasteiger partial charge in [0.05, 0.1) is 0 Å². The van der Waals surface area contributed by atoms with Crippen molar-refractivity contribution in [1.82, 2.24) is 4.68 Å². The van der Waals surface area contributed by atoms with Crippen LogP contribution < -0.4 is 11.2 Å². The average Bonchev–Trinajstić information content (AvgIpc) is 2.82. The smallest absolute Gasteiger partial charge is 0.239 e. The highest BCUT2D eigenvalue weighted by molar-refractivity contribution is 5.84. The number of hydrogen-bond acceptors (Lipinski definition) is 2. The number of hydrogen-bond donors (Lipinski definition) is 2. The molecule has 2 aromatic rings. The fourth-order valence-corrected chi connectivity index (χ4v) is 1.82. The van der Waals surface area contributed by atoms with Crippen molar-refractivity contribution in [3.8, 4) is 0 Å². The highest BCUT2D eigenvalue weighted by atomic mass is 16.2. The molecular weight excluding hydrogens is 226 g/mol. The number of amides is 1. The molecule has 18 heavy (non-hydrogen) atoms. The van der Waals surface area contributed by atoms with Gasteiger partial charge in [-0.1, -0.05) is 19.1 Å². The molecule has 1 aromatic heterocycles. The van der Waals surface area contributed by atoms with Crippen molar-refractivity contribution in [2.45, 2.75) is 19.3 Å². The van der Waals surface area contributed by atoms with Crippen LogP contribution >= 0.6 is 0 Å². The highest BCUT2D eigenvalue weighted by Crippen LogP contribution is 2.20. The Hall–Kier alpha value is -2.23. The first-order valence-electron chi connectivity index (χ1n) is 5.93. The molecule has 1 unspecified atom stereocenters. The van der Waals surface area contributed by atoms with Gasteiger partial charge in [-0.05, 0) is 35.7 Å². The van der Waals surface area contributed by atoms with Crippen molar-refractivity contribution < 1.29 is 4.79 Å².